The van der Waals surface area contributed by atoms with Crippen molar-refractivity contribution in [3.8, 4) is 0 Å². The predicted molar refractivity (Wildman–Crippen MR) is 99.6 cm³/mol. The zero-order chi connectivity index (χ0) is 19.1. The van der Waals surface area contributed by atoms with E-state index < -0.39 is 0 Å². The summed E-state index contributed by atoms with van der Waals surface area (Å²) >= 11 is 0. The Morgan fingerprint density at radius 1 is 1.04 bits per heavy atom. The number of hydrogen-bond acceptors (Lipinski definition) is 4. The molecule has 1 saturated heterocycles. The molecule has 0 saturated carbocycles. The number of carbonyl (C=O) groups excluding carboxylic acids is 3. The fourth-order valence-corrected chi connectivity index (χ4v) is 2.85. The molecule has 0 unspecified atom stereocenters. The fourth-order valence-electron chi connectivity index (χ4n) is 2.85. The van der Waals surface area contributed by atoms with Crippen molar-refractivity contribution < 1.29 is 14.4 Å². The van der Waals surface area contributed by atoms with Crippen LogP contribution < -0.4 is 10.6 Å². The van der Waals surface area contributed by atoms with E-state index in [4.69, 9.17) is 0 Å². The van der Waals surface area contributed by atoms with Gasteiger partial charge < -0.3 is 15.5 Å². The van der Waals surface area contributed by atoms with Gasteiger partial charge in [0, 0.05) is 51.3 Å². The van der Waals surface area contributed by atoms with E-state index in [0.717, 1.165) is 5.56 Å². The summed E-state index contributed by atoms with van der Waals surface area (Å²) in [6, 6.07) is 7.44. The second kappa shape index (κ2) is 9.33. The van der Waals surface area contributed by atoms with E-state index in [1.54, 1.807) is 12.1 Å². The molecule has 0 bridgehead atoms. The van der Waals surface area contributed by atoms with Gasteiger partial charge in [-0.15, -0.1) is 0 Å². The zero-order valence-electron chi connectivity index (χ0n) is 15.7. The van der Waals surface area contributed by atoms with Crippen LogP contribution in [-0.2, 0) is 16.1 Å². The summed E-state index contributed by atoms with van der Waals surface area (Å²) in [6.45, 7) is 8.80. The number of nitrogens with one attached hydrogen (secondary N) is 2. The lowest BCUT2D eigenvalue weighted by Crippen LogP contribution is -2.51. The van der Waals surface area contributed by atoms with Crippen LogP contribution in [0.5, 0.6) is 0 Å². The molecular formula is C19H28N4O3. The van der Waals surface area contributed by atoms with Gasteiger partial charge in [0.2, 0.25) is 11.8 Å². The SMILES string of the molecule is CC(=O)NCc1ccc(C(=O)N2CCN(CC(=O)NC(C)C)CC2)cc1. The van der Waals surface area contributed by atoms with E-state index in [9.17, 15) is 14.4 Å². The highest BCUT2D eigenvalue weighted by molar-refractivity contribution is 5.94. The number of rotatable bonds is 6. The van der Waals surface area contributed by atoms with Gasteiger partial charge in [0.15, 0.2) is 0 Å². The first-order valence-corrected chi connectivity index (χ1v) is 8.99. The number of amides is 3. The van der Waals surface area contributed by atoms with Gasteiger partial charge in [-0.3, -0.25) is 19.3 Å². The van der Waals surface area contributed by atoms with Gasteiger partial charge in [-0.2, -0.15) is 0 Å². The minimum Gasteiger partial charge on any atom is -0.353 e. The lowest BCUT2D eigenvalue weighted by Gasteiger charge is -2.34. The molecule has 1 heterocycles. The van der Waals surface area contributed by atoms with E-state index in [1.165, 1.54) is 6.92 Å². The van der Waals surface area contributed by atoms with Gasteiger partial charge in [0.1, 0.15) is 0 Å². The average Bonchev–Trinajstić information content (AvgIpc) is 2.59. The summed E-state index contributed by atoms with van der Waals surface area (Å²) in [4.78, 5) is 39.3. The molecule has 1 aliphatic heterocycles. The van der Waals surface area contributed by atoms with Crippen molar-refractivity contribution in [2.75, 3.05) is 32.7 Å². The van der Waals surface area contributed by atoms with Gasteiger partial charge >= 0.3 is 0 Å². The molecule has 2 N–H and O–H groups in total. The fraction of sp³-hybridized carbons (Fsp3) is 0.526. The molecule has 1 aliphatic rings. The third kappa shape index (κ3) is 6.15. The molecule has 7 heteroatoms. The van der Waals surface area contributed by atoms with Crippen LogP contribution in [-0.4, -0.2) is 66.3 Å². The third-order valence-corrected chi connectivity index (χ3v) is 4.22. The first-order chi connectivity index (χ1) is 12.3. The molecule has 0 aliphatic carbocycles. The maximum absolute atomic E-state index is 12.6. The molecule has 1 aromatic carbocycles. The van der Waals surface area contributed by atoms with Gasteiger partial charge in [-0.1, -0.05) is 12.1 Å². The van der Waals surface area contributed by atoms with E-state index >= 15 is 0 Å². The van der Waals surface area contributed by atoms with Crippen LogP contribution in [0.2, 0.25) is 0 Å². The van der Waals surface area contributed by atoms with Crippen molar-refractivity contribution >= 4 is 17.7 Å². The highest BCUT2D eigenvalue weighted by atomic mass is 16.2. The standard InChI is InChI=1S/C19H28N4O3/c1-14(2)21-18(25)13-22-8-10-23(11-9-22)19(26)17-6-4-16(5-7-17)12-20-15(3)24/h4-7,14H,8-13H2,1-3H3,(H,20,24)(H,21,25). The van der Waals surface area contributed by atoms with Crippen molar-refractivity contribution in [1.82, 2.24) is 20.4 Å². The van der Waals surface area contributed by atoms with Crippen molar-refractivity contribution in [2.24, 2.45) is 0 Å². The van der Waals surface area contributed by atoms with Gasteiger partial charge in [0.25, 0.3) is 5.91 Å². The maximum Gasteiger partial charge on any atom is 0.253 e. The molecular weight excluding hydrogens is 332 g/mol. The van der Waals surface area contributed by atoms with Crippen LogP contribution in [0.3, 0.4) is 0 Å². The summed E-state index contributed by atoms with van der Waals surface area (Å²) in [6.07, 6.45) is 0. The minimum atomic E-state index is -0.0786. The summed E-state index contributed by atoms with van der Waals surface area (Å²) in [5, 5.41) is 5.62. The Hall–Kier alpha value is -2.41. The van der Waals surface area contributed by atoms with E-state index in [-0.39, 0.29) is 23.8 Å². The molecule has 0 radical (unpaired) electrons. The van der Waals surface area contributed by atoms with Crippen LogP contribution in [0.1, 0.15) is 36.7 Å². The molecule has 1 fully saturated rings. The molecule has 0 atom stereocenters. The van der Waals surface area contributed by atoms with Gasteiger partial charge in [-0.25, -0.2) is 0 Å². The molecule has 26 heavy (non-hydrogen) atoms. The van der Waals surface area contributed by atoms with Crippen molar-refractivity contribution in [3.63, 3.8) is 0 Å². The molecule has 1 aromatic rings. The molecule has 7 nitrogen and oxygen atoms in total. The van der Waals surface area contributed by atoms with Crippen molar-refractivity contribution in [2.45, 2.75) is 33.4 Å². The summed E-state index contributed by atoms with van der Waals surface area (Å²) in [5.74, 6) is -0.0537. The van der Waals surface area contributed by atoms with Crippen LogP contribution in [0.25, 0.3) is 0 Å². The monoisotopic (exact) mass is 360 g/mol. The summed E-state index contributed by atoms with van der Waals surface area (Å²) in [7, 11) is 0. The van der Waals surface area contributed by atoms with Crippen molar-refractivity contribution in [1.29, 1.82) is 0 Å². The minimum absolute atomic E-state index is 0.00218. The molecule has 0 aromatic heterocycles. The molecule has 3 amide bonds. The molecule has 2 rings (SSSR count). The molecule has 142 valence electrons. The van der Waals surface area contributed by atoms with Gasteiger partial charge in [0.05, 0.1) is 6.54 Å². The zero-order valence-corrected chi connectivity index (χ0v) is 15.7. The second-order valence-electron chi connectivity index (χ2n) is 6.90. The quantitative estimate of drug-likeness (QED) is 0.779. The number of nitrogens with zero attached hydrogens (tertiary/aromatic N) is 2. The van der Waals surface area contributed by atoms with Crippen LogP contribution in [0, 0.1) is 0 Å². The van der Waals surface area contributed by atoms with Crippen LogP contribution in [0.4, 0.5) is 0 Å². The Kier molecular flexibility index (Phi) is 7.15. The average molecular weight is 360 g/mol. The Labute approximate surface area is 154 Å². The Morgan fingerprint density at radius 3 is 2.19 bits per heavy atom. The third-order valence-electron chi connectivity index (χ3n) is 4.22. The highest BCUT2D eigenvalue weighted by Gasteiger charge is 2.23. The van der Waals surface area contributed by atoms with Crippen molar-refractivity contribution in [3.05, 3.63) is 35.4 Å². The summed E-state index contributed by atoms with van der Waals surface area (Å²) in [5.41, 5.74) is 1.60. The first kappa shape index (κ1) is 19.9. The lowest BCUT2D eigenvalue weighted by atomic mass is 10.1. The van der Waals surface area contributed by atoms with Gasteiger partial charge in [-0.05, 0) is 31.5 Å². The maximum atomic E-state index is 12.6. The lowest BCUT2D eigenvalue weighted by molar-refractivity contribution is -0.123. The largest absolute Gasteiger partial charge is 0.353 e. The summed E-state index contributed by atoms with van der Waals surface area (Å²) < 4.78 is 0. The second-order valence-corrected chi connectivity index (χ2v) is 6.90. The van der Waals surface area contributed by atoms with E-state index in [1.807, 2.05) is 30.9 Å². The normalized spacial score (nSPS) is 15.0. The molecule has 0 spiro atoms. The topological polar surface area (TPSA) is 81.8 Å². The van der Waals surface area contributed by atoms with Crippen LogP contribution >= 0.6 is 0 Å². The Balaban J connectivity index is 1.82. The number of piperazine rings is 1. The number of carbonyl (C=O) groups is 3. The number of benzene rings is 1. The Bertz CT molecular complexity index is 635. The first-order valence-electron chi connectivity index (χ1n) is 8.99. The number of hydrogen-bond donors (Lipinski definition) is 2. The van der Waals surface area contributed by atoms with E-state index in [0.29, 0.717) is 44.8 Å². The highest BCUT2D eigenvalue weighted by Crippen LogP contribution is 2.10. The Morgan fingerprint density at radius 2 is 1.65 bits per heavy atom. The van der Waals surface area contributed by atoms with E-state index in [2.05, 4.69) is 15.5 Å². The smallest absolute Gasteiger partial charge is 0.253 e. The predicted octanol–water partition coefficient (Wildman–Crippen LogP) is 0.605. The van der Waals surface area contributed by atoms with Crippen LogP contribution in [0.15, 0.2) is 24.3 Å².